The first kappa shape index (κ1) is 29.8. The highest BCUT2D eigenvalue weighted by molar-refractivity contribution is 7.48. The molecule has 206 valence electrons. The van der Waals surface area contributed by atoms with Crippen LogP contribution in [0.2, 0.25) is 0 Å². The van der Waals surface area contributed by atoms with Crippen molar-refractivity contribution >= 4 is 8.45 Å². The van der Waals surface area contributed by atoms with Gasteiger partial charge < -0.3 is 4.52 Å². The maximum atomic E-state index is 6.59. The van der Waals surface area contributed by atoms with Crippen molar-refractivity contribution < 1.29 is 14.2 Å². The number of nitrogens with one attached hydrogen (secondary N) is 2. The van der Waals surface area contributed by atoms with Gasteiger partial charge in [-0.3, -0.25) is 9.68 Å². The van der Waals surface area contributed by atoms with E-state index in [1.165, 1.54) is 0 Å². The molecular formula is C28H51N4O3P. The van der Waals surface area contributed by atoms with E-state index in [9.17, 15) is 0 Å². The van der Waals surface area contributed by atoms with Crippen molar-refractivity contribution in [3.05, 3.63) is 30.3 Å². The summed E-state index contributed by atoms with van der Waals surface area (Å²) >= 11 is 0. The van der Waals surface area contributed by atoms with Crippen LogP contribution in [0.1, 0.15) is 94.9 Å². The lowest BCUT2D eigenvalue weighted by molar-refractivity contribution is -0.281. The lowest BCUT2D eigenvalue weighted by Gasteiger charge is -2.55. The smallest absolute Gasteiger partial charge is 0.242 e. The van der Waals surface area contributed by atoms with Crippen LogP contribution in [0.15, 0.2) is 30.3 Å². The van der Waals surface area contributed by atoms with Gasteiger partial charge in [-0.05, 0) is 107 Å². The number of para-hydroxylation sites is 1. The van der Waals surface area contributed by atoms with Crippen molar-refractivity contribution in [1.29, 1.82) is 0 Å². The molecule has 2 aliphatic heterocycles. The predicted molar refractivity (Wildman–Crippen MR) is 150 cm³/mol. The van der Waals surface area contributed by atoms with Crippen LogP contribution < -0.4 is 14.7 Å². The molecule has 0 bridgehead atoms. The lowest BCUT2D eigenvalue weighted by Crippen LogP contribution is -2.64. The third-order valence-corrected chi connectivity index (χ3v) is 8.83. The van der Waals surface area contributed by atoms with E-state index in [0.717, 1.165) is 31.4 Å². The number of hydroxylamine groups is 4. The first-order valence-corrected chi connectivity index (χ1v) is 14.9. The van der Waals surface area contributed by atoms with Crippen molar-refractivity contribution in [2.45, 2.75) is 129 Å². The Morgan fingerprint density at radius 1 is 0.694 bits per heavy atom. The van der Waals surface area contributed by atoms with Crippen molar-refractivity contribution in [3.63, 3.8) is 0 Å². The summed E-state index contributed by atoms with van der Waals surface area (Å²) in [7, 11) is -1.11. The number of nitrogens with zero attached hydrogens (tertiary/aromatic N) is 2. The SMILES string of the molecule is CCON1C(C)(C)CC(NP(NC2CC(C)(C)N(OCC)C(C)(C)C2)Oc2ccccc2)CC1(C)C. The minimum atomic E-state index is -1.11. The van der Waals surface area contributed by atoms with Gasteiger partial charge in [0.15, 0.2) is 0 Å². The molecule has 2 heterocycles. The number of piperidine rings is 2. The zero-order valence-electron chi connectivity index (χ0n) is 24.4. The fourth-order valence-electron chi connectivity index (χ4n) is 6.67. The maximum Gasteiger partial charge on any atom is 0.242 e. The molecule has 2 aliphatic rings. The molecule has 3 rings (SSSR count). The number of rotatable bonds is 10. The second kappa shape index (κ2) is 11.5. The number of benzene rings is 1. The number of hydrogen-bond donors (Lipinski definition) is 2. The van der Waals surface area contributed by atoms with Gasteiger partial charge in [-0.25, -0.2) is 10.2 Å². The molecule has 2 saturated heterocycles. The van der Waals surface area contributed by atoms with Gasteiger partial charge in [0.1, 0.15) is 5.75 Å². The van der Waals surface area contributed by atoms with E-state index < -0.39 is 8.45 Å². The van der Waals surface area contributed by atoms with Crippen LogP contribution in [-0.2, 0) is 9.68 Å². The molecule has 0 aromatic heterocycles. The van der Waals surface area contributed by atoms with Gasteiger partial charge in [-0.1, -0.05) is 18.2 Å². The quantitative estimate of drug-likeness (QED) is 0.344. The molecule has 0 amide bonds. The van der Waals surface area contributed by atoms with Crippen LogP contribution in [-0.4, -0.2) is 57.6 Å². The fraction of sp³-hybridized carbons (Fsp3) is 0.786. The summed E-state index contributed by atoms with van der Waals surface area (Å²) in [6.45, 7) is 23.7. The minimum absolute atomic E-state index is 0.0873. The number of hydrogen-bond acceptors (Lipinski definition) is 7. The van der Waals surface area contributed by atoms with Gasteiger partial charge in [0.2, 0.25) is 8.45 Å². The summed E-state index contributed by atoms with van der Waals surface area (Å²) in [4.78, 5) is 12.2. The van der Waals surface area contributed by atoms with E-state index in [0.29, 0.717) is 25.3 Å². The van der Waals surface area contributed by atoms with Crippen molar-refractivity contribution in [1.82, 2.24) is 20.3 Å². The summed E-state index contributed by atoms with van der Waals surface area (Å²) in [5, 5.41) is 12.3. The van der Waals surface area contributed by atoms with Crippen LogP contribution in [0.3, 0.4) is 0 Å². The molecule has 7 nitrogen and oxygen atoms in total. The molecule has 2 N–H and O–H groups in total. The monoisotopic (exact) mass is 522 g/mol. The van der Waals surface area contributed by atoms with Gasteiger partial charge in [-0.15, -0.1) is 0 Å². The molecule has 1 aromatic rings. The molecule has 0 saturated carbocycles. The van der Waals surface area contributed by atoms with Crippen LogP contribution in [0.25, 0.3) is 0 Å². The third-order valence-electron chi connectivity index (χ3n) is 7.24. The molecule has 2 fully saturated rings. The standard InChI is InChI=1S/C28H51N4O3P/c1-11-33-31-25(3,4)18-22(19-26(31,5)6)29-36(35-24-16-14-13-15-17-24)30-23-20-27(7,8)32(34-12-2)28(9,10)21-23/h13-17,22-23,29-30H,11-12,18-21H2,1-10H3. The van der Waals surface area contributed by atoms with E-state index in [1.807, 2.05) is 30.3 Å². The molecule has 8 heteroatoms. The molecule has 0 unspecified atom stereocenters. The molecule has 1 aromatic carbocycles. The lowest BCUT2D eigenvalue weighted by atomic mass is 9.79. The van der Waals surface area contributed by atoms with Crippen molar-refractivity contribution in [2.75, 3.05) is 13.2 Å². The van der Waals surface area contributed by atoms with Crippen LogP contribution in [0, 0.1) is 0 Å². The second-order valence-electron chi connectivity index (χ2n) is 12.8. The Hall–Kier alpha value is -0.790. The first-order valence-electron chi connectivity index (χ1n) is 13.6. The van der Waals surface area contributed by atoms with Gasteiger partial charge in [-0.2, -0.15) is 10.1 Å². The topological polar surface area (TPSA) is 58.2 Å². The maximum absolute atomic E-state index is 6.59. The van der Waals surface area contributed by atoms with Crippen LogP contribution >= 0.6 is 8.45 Å². The zero-order valence-corrected chi connectivity index (χ0v) is 25.2. The highest BCUT2D eigenvalue weighted by Gasteiger charge is 2.49. The first-order chi connectivity index (χ1) is 16.7. The second-order valence-corrected chi connectivity index (χ2v) is 14.1. The molecule has 0 radical (unpaired) electrons. The van der Waals surface area contributed by atoms with E-state index in [-0.39, 0.29) is 22.2 Å². The summed E-state index contributed by atoms with van der Waals surface area (Å²) in [6, 6.07) is 10.8. The van der Waals surface area contributed by atoms with E-state index in [2.05, 4.69) is 89.5 Å². The average Bonchev–Trinajstić information content (AvgIpc) is 2.73. The molecule has 0 atom stereocenters. The summed E-state index contributed by atoms with van der Waals surface area (Å²) in [5.74, 6) is 0.888. The Morgan fingerprint density at radius 3 is 1.39 bits per heavy atom. The molecular weight excluding hydrogens is 471 g/mol. The van der Waals surface area contributed by atoms with Gasteiger partial charge in [0.05, 0.1) is 13.2 Å². The largest absolute Gasteiger partial charge is 0.445 e. The molecule has 0 aliphatic carbocycles. The summed E-state index contributed by atoms with van der Waals surface area (Å²) in [6.07, 6.45) is 3.92. The normalized spacial score (nSPS) is 24.8. The zero-order chi connectivity index (χ0) is 26.8. The minimum Gasteiger partial charge on any atom is -0.445 e. The third kappa shape index (κ3) is 7.19. The Kier molecular flexibility index (Phi) is 9.53. The Balaban J connectivity index is 1.79. The Labute approximate surface area is 221 Å². The van der Waals surface area contributed by atoms with Gasteiger partial charge in [0.25, 0.3) is 0 Å². The van der Waals surface area contributed by atoms with Gasteiger partial charge in [0, 0.05) is 34.2 Å². The molecule has 0 spiro atoms. The van der Waals surface area contributed by atoms with Crippen molar-refractivity contribution in [3.8, 4) is 5.75 Å². The Morgan fingerprint density at radius 2 is 1.06 bits per heavy atom. The van der Waals surface area contributed by atoms with E-state index in [1.54, 1.807) is 0 Å². The highest BCUT2D eigenvalue weighted by atomic mass is 31.2. The van der Waals surface area contributed by atoms with Crippen LogP contribution in [0.4, 0.5) is 0 Å². The van der Waals surface area contributed by atoms with Crippen molar-refractivity contribution in [2.24, 2.45) is 0 Å². The van der Waals surface area contributed by atoms with E-state index in [4.69, 9.17) is 14.2 Å². The summed E-state index contributed by atoms with van der Waals surface area (Å²) in [5.41, 5.74) is -0.349. The van der Waals surface area contributed by atoms with Gasteiger partial charge >= 0.3 is 0 Å². The van der Waals surface area contributed by atoms with E-state index >= 15 is 0 Å². The van der Waals surface area contributed by atoms with Crippen LogP contribution in [0.5, 0.6) is 5.75 Å². The average molecular weight is 523 g/mol. The fourth-order valence-corrected chi connectivity index (χ4v) is 8.22. The summed E-state index contributed by atoms with van der Waals surface area (Å²) < 4.78 is 6.59. The predicted octanol–water partition coefficient (Wildman–Crippen LogP) is 6.42. The Bertz CT molecular complexity index is 749. The highest BCUT2D eigenvalue weighted by Crippen LogP contribution is 2.44. The molecule has 36 heavy (non-hydrogen) atoms.